The molecule has 0 amide bonds. The van der Waals surface area contributed by atoms with E-state index in [9.17, 15) is 14.7 Å². The van der Waals surface area contributed by atoms with Gasteiger partial charge in [-0.05, 0) is 83.9 Å². The van der Waals surface area contributed by atoms with Gasteiger partial charge in [0.05, 0.1) is 17.7 Å². The minimum absolute atomic E-state index is 0.0320. The Morgan fingerprint density at radius 1 is 1.22 bits per heavy atom. The zero-order chi connectivity index (χ0) is 26.1. The Labute approximate surface area is 224 Å². The van der Waals surface area contributed by atoms with Gasteiger partial charge >= 0.3 is 5.97 Å². The number of nitrogens with zero attached hydrogens (tertiary/aromatic N) is 1. The van der Waals surface area contributed by atoms with Crippen molar-refractivity contribution in [2.75, 3.05) is 7.11 Å². The molecule has 0 spiro atoms. The number of hydrogen-bond donors (Lipinski definition) is 1. The molecule has 4 rings (SSSR count). The second-order valence-electron chi connectivity index (χ2n) is 9.36. The number of halogens is 2. The monoisotopic (exact) mass is 573 g/mol. The number of ether oxygens (including phenoxy) is 2. The summed E-state index contributed by atoms with van der Waals surface area (Å²) in [6, 6.07) is 10.9. The van der Waals surface area contributed by atoms with E-state index < -0.39 is 17.8 Å². The van der Waals surface area contributed by atoms with Crippen LogP contribution in [0.25, 0.3) is 0 Å². The summed E-state index contributed by atoms with van der Waals surface area (Å²) >= 11 is 9.45. The van der Waals surface area contributed by atoms with Gasteiger partial charge in [-0.25, -0.2) is 0 Å². The average Bonchev–Trinajstić information content (AvgIpc) is 2.84. The lowest BCUT2D eigenvalue weighted by Gasteiger charge is -2.37. The van der Waals surface area contributed by atoms with Crippen molar-refractivity contribution in [3.05, 3.63) is 68.3 Å². The molecule has 1 aliphatic carbocycles. The lowest BCUT2D eigenvalue weighted by Crippen LogP contribution is -2.39. The Hall–Kier alpha value is -2.64. The fourth-order valence-electron chi connectivity index (χ4n) is 4.98. The Balaban J connectivity index is 1.83. The quantitative estimate of drug-likeness (QED) is 0.387. The number of ketones is 1. The molecule has 0 aromatic heterocycles. The summed E-state index contributed by atoms with van der Waals surface area (Å²) in [6.45, 7) is 5.60. The van der Waals surface area contributed by atoms with Gasteiger partial charge in [-0.2, -0.15) is 0 Å². The van der Waals surface area contributed by atoms with Crippen LogP contribution in [-0.2, 0) is 14.3 Å². The van der Waals surface area contributed by atoms with Crippen molar-refractivity contribution in [2.24, 2.45) is 10.9 Å². The zero-order valence-electron chi connectivity index (χ0n) is 20.7. The van der Waals surface area contributed by atoms with Crippen molar-refractivity contribution in [3.8, 4) is 11.5 Å². The minimum atomic E-state index is -0.769. The van der Waals surface area contributed by atoms with Crippen LogP contribution in [0.2, 0.25) is 5.02 Å². The molecule has 2 aliphatic rings. The lowest BCUT2D eigenvalue weighted by atomic mass is 9.69. The van der Waals surface area contributed by atoms with Crippen LogP contribution in [0.3, 0.4) is 0 Å². The fourth-order valence-corrected chi connectivity index (χ4v) is 5.57. The molecule has 36 heavy (non-hydrogen) atoms. The van der Waals surface area contributed by atoms with E-state index in [-0.39, 0.29) is 29.3 Å². The summed E-state index contributed by atoms with van der Waals surface area (Å²) in [5, 5.41) is 11.0. The van der Waals surface area contributed by atoms with Gasteiger partial charge in [-0.3, -0.25) is 14.6 Å². The maximum Gasteiger partial charge on any atom is 0.315 e. The molecule has 8 heteroatoms. The number of methoxy groups -OCH3 is 1. The number of phenolic OH excluding ortho intramolecular Hbond substituents is 1. The van der Waals surface area contributed by atoms with E-state index in [0.717, 1.165) is 5.56 Å². The number of allylic oxidation sites excluding steroid dienone is 2. The van der Waals surface area contributed by atoms with E-state index in [4.69, 9.17) is 26.1 Å². The number of benzene rings is 2. The number of carbonyl (C=O) groups excluding carboxylic acids is 2. The molecule has 0 bridgehead atoms. The van der Waals surface area contributed by atoms with Crippen LogP contribution in [0.1, 0.15) is 63.0 Å². The molecule has 2 aromatic rings. The van der Waals surface area contributed by atoms with Crippen LogP contribution in [0.4, 0.5) is 0 Å². The number of aliphatic imine (C=N–C) groups is 1. The molecular weight excluding hydrogens is 546 g/mol. The maximum absolute atomic E-state index is 13.7. The number of esters is 1. The number of rotatable bonds is 6. The van der Waals surface area contributed by atoms with Crippen molar-refractivity contribution >= 4 is 45.0 Å². The van der Waals surface area contributed by atoms with Gasteiger partial charge in [0.15, 0.2) is 17.3 Å². The molecule has 1 N–H and O–H groups in total. The van der Waals surface area contributed by atoms with Crippen molar-refractivity contribution < 1.29 is 24.2 Å². The first-order valence-corrected chi connectivity index (χ1v) is 13.1. The Bertz CT molecular complexity index is 1250. The van der Waals surface area contributed by atoms with Gasteiger partial charge in [0.1, 0.15) is 5.92 Å². The second-order valence-corrected chi connectivity index (χ2v) is 10.6. The molecule has 0 fully saturated rings. The van der Waals surface area contributed by atoms with Crippen LogP contribution < -0.4 is 4.74 Å². The molecule has 190 valence electrons. The third-order valence-electron chi connectivity index (χ3n) is 7.01. The third kappa shape index (κ3) is 5.09. The molecule has 0 saturated heterocycles. The standard InChI is InChI=1S/C28H29BrClNO5/c1-5-14(2)36-28(34)24-15(3)31-21-11-17(16-6-8-19(30)9-7-16)12-22(32)26(21)25(24)18-10-20(29)27(33)23(13-18)35-4/h6-10,13-14,17,24-25,33H,5,11-12H2,1-4H3/t14-,17+,24?,25+/m0/s1. The van der Waals surface area contributed by atoms with E-state index in [1.807, 2.05) is 45.0 Å². The van der Waals surface area contributed by atoms with Crippen molar-refractivity contribution in [3.63, 3.8) is 0 Å². The molecule has 1 aliphatic heterocycles. The maximum atomic E-state index is 13.7. The van der Waals surface area contributed by atoms with Crippen molar-refractivity contribution in [2.45, 2.75) is 58.0 Å². The van der Waals surface area contributed by atoms with Gasteiger partial charge in [0.25, 0.3) is 0 Å². The predicted octanol–water partition coefficient (Wildman–Crippen LogP) is 6.73. The van der Waals surface area contributed by atoms with Gasteiger partial charge in [-0.1, -0.05) is 30.7 Å². The van der Waals surface area contributed by atoms with E-state index in [1.165, 1.54) is 7.11 Å². The normalized spacial score (nSPS) is 22.6. The summed E-state index contributed by atoms with van der Waals surface area (Å²) in [5.74, 6) is -1.69. The average molecular weight is 575 g/mol. The molecule has 2 aromatic carbocycles. The Morgan fingerprint density at radius 3 is 2.56 bits per heavy atom. The number of phenols is 1. The molecule has 1 unspecified atom stereocenters. The van der Waals surface area contributed by atoms with Crippen LogP contribution in [0, 0.1) is 5.92 Å². The molecule has 1 heterocycles. The van der Waals surface area contributed by atoms with Crippen LogP contribution in [0.15, 0.2) is 57.1 Å². The second kappa shape index (κ2) is 10.8. The summed E-state index contributed by atoms with van der Waals surface area (Å²) < 4.78 is 11.5. The van der Waals surface area contributed by atoms with Gasteiger partial charge in [0, 0.05) is 34.3 Å². The highest BCUT2D eigenvalue weighted by Crippen LogP contribution is 2.49. The first kappa shape index (κ1) is 26.4. The minimum Gasteiger partial charge on any atom is -0.503 e. The first-order valence-electron chi connectivity index (χ1n) is 12.0. The Morgan fingerprint density at radius 2 is 1.92 bits per heavy atom. The third-order valence-corrected chi connectivity index (χ3v) is 7.86. The first-order chi connectivity index (χ1) is 17.1. The SMILES string of the molecule is CC[C@H](C)OC(=O)C1C(C)=NC2=C(C(=O)C[C@H](c3ccc(Cl)cc3)C2)[C@@H]1c1cc(Br)c(O)c(OC)c1. The van der Waals surface area contributed by atoms with Gasteiger partial charge < -0.3 is 14.6 Å². The highest BCUT2D eigenvalue weighted by atomic mass is 79.9. The molecule has 6 nitrogen and oxygen atoms in total. The predicted molar refractivity (Wildman–Crippen MR) is 143 cm³/mol. The van der Waals surface area contributed by atoms with Gasteiger partial charge in [-0.15, -0.1) is 0 Å². The highest BCUT2D eigenvalue weighted by Gasteiger charge is 2.45. The van der Waals surface area contributed by atoms with Crippen LogP contribution >= 0.6 is 27.5 Å². The topological polar surface area (TPSA) is 85.2 Å². The van der Waals surface area contributed by atoms with Crippen molar-refractivity contribution in [1.82, 2.24) is 0 Å². The van der Waals surface area contributed by atoms with E-state index >= 15 is 0 Å². The lowest BCUT2D eigenvalue weighted by molar-refractivity contribution is -0.151. The summed E-state index contributed by atoms with van der Waals surface area (Å²) in [6.07, 6.45) is 1.28. The number of Topliss-reactive ketones (excluding diaryl/α,β-unsaturated/α-hetero) is 1. The molecule has 0 radical (unpaired) electrons. The van der Waals surface area contributed by atoms with E-state index in [2.05, 4.69) is 15.9 Å². The van der Waals surface area contributed by atoms with E-state index in [1.54, 1.807) is 12.1 Å². The molecule has 4 atom stereocenters. The van der Waals surface area contributed by atoms with Crippen LogP contribution in [-0.4, -0.2) is 35.8 Å². The molecular formula is C28H29BrClNO5. The van der Waals surface area contributed by atoms with E-state index in [0.29, 0.717) is 51.3 Å². The fraction of sp³-hybridized carbons (Fsp3) is 0.393. The van der Waals surface area contributed by atoms with Crippen molar-refractivity contribution in [1.29, 1.82) is 0 Å². The summed E-state index contributed by atoms with van der Waals surface area (Å²) in [5.41, 5.74) is 3.50. The summed E-state index contributed by atoms with van der Waals surface area (Å²) in [4.78, 5) is 31.9. The molecule has 0 saturated carbocycles. The largest absolute Gasteiger partial charge is 0.503 e. The number of carbonyl (C=O) groups is 2. The number of hydrogen-bond acceptors (Lipinski definition) is 6. The highest BCUT2D eigenvalue weighted by molar-refractivity contribution is 9.10. The van der Waals surface area contributed by atoms with Crippen LogP contribution in [0.5, 0.6) is 11.5 Å². The van der Waals surface area contributed by atoms with Gasteiger partial charge in [0.2, 0.25) is 0 Å². The number of aromatic hydroxyl groups is 1. The summed E-state index contributed by atoms with van der Waals surface area (Å²) in [7, 11) is 1.46. The Kier molecular flexibility index (Phi) is 7.90. The smallest absolute Gasteiger partial charge is 0.315 e. The zero-order valence-corrected chi connectivity index (χ0v) is 23.0.